The van der Waals surface area contributed by atoms with E-state index < -0.39 is 0 Å². The first-order valence-electron chi connectivity index (χ1n) is 7.28. The second kappa shape index (κ2) is 5.82. The van der Waals surface area contributed by atoms with Crippen LogP contribution in [0.4, 0.5) is 0 Å². The van der Waals surface area contributed by atoms with Crippen molar-refractivity contribution in [3.05, 3.63) is 15.6 Å². The van der Waals surface area contributed by atoms with Crippen LogP contribution in [0.1, 0.15) is 39.6 Å². The zero-order valence-electron chi connectivity index (χ0n) is 12.1. The second-order valence-electron chi connectivity index (χ2n) is 5.90. The zero-order valence-corrected chi connectivity index (χ0v) is 12.9. The molecule has 1 aromatic heterocycles. The highest BCUT2D eigenvalue weighted by Gasteiger charge is 2.29. The largest absolute Gasteiger partial charge is 0.346 e. The number of aromatic nitrogens is 1. The highest BCUT2D eigenvalue weighted by molar-refractivity contribution is 7.13. The van der Waals surface area contributed by atoms with Crippen molar-refractivity contribution >= 4 is 23.0 Å². The summed E-state index contributed by atoms with van der Waals surface area (Å²) in [7, 11) is 2.07. The number of nitrogens with one attached hydrogen (secondary N) is 1. The van der Waals surface area contributed by atoms with Crippen LogP contribution in [-0.4, -0.2) is 47.3 Å². The van der Waals surface area contributed by atoms with E-state index in [1.54, 1.807) is 0 Å². The summed E-state index contributed by atoms with van der Waals surface area (Å²) in [6, 6.07) is -0.408. The van der Waals surface area contributed by atoms with E-state index in [2.05, 4.69) is 22.2 Å². The number of carbonyl (C=O) groups is 2. The number of Topliss-reactive ketones (excluding diaryl/α,β-unsaturated/α-hetero) is 1. The van der Waals surface area contributed by atoms with Gasteiger partial charge in [-0.05, 0) is 13.5 Å². The highest BCUT2D eigenvalue weighted by atomic mass is 32.1. The summed E-state index contributed by atoms with van der Waals surface area (Å²) < 4.78 is 0. The predicted molar refractivity (Wildman–Crippen MR) is 80.2 cm³/mol. The molecule has 1 aliphatic heterocycles. The van der Waals surface area contributed by atoms with Crippen LogP contribution in [0.2, 0.25) is 0 Å². The molecule has 6 nitrogen and oxygen atoms in total. The molecule has 2 heterocycles. The molecule has 3 rings (SSSR count). The molecule has 0 radical (unpaired) electrons. The van der Waals surface area contributed by atoms with Gasteiger partial charge in [-0.25, -0.2) is 4.98 Å². The molecule has 1 fully saturated rings. The van der Waals surface area contributed by atoms with E-state index in [1.165, 1.54) is 16.2 Å². The van der Waals surface area contributed by atoms with Gasteiger partial charge in [-0.15, -0.1) is 11.3 Å². The Hall–Kier alpha value is -1.31. The molecule has 2 aliphatic rings. The molecular formula is C14H20N4O2S. The average molecular weight is 308 g/mol. The lowest BCUT2D eigenvalue weighted by atomic mass is 9.90. The standard InChI is InChI=1S/C14H20N4O2S/c1-18-5-4-11-12(7-18)21-14(17-11)13(20)16-10-3-2-8(19)6-9(10)15/h9-10H,2-7,15H2,1H3,(H,16,20). The van der Waals surface area contributed by atoms with E-state index >= 15 is 0 Å². The topological polar surface area (TPSA) is 88.3 Å². The van der Waals surface area contributed by atoms with Gasteiger partial charge in [0.05, 0.1) is 5.69 Å². The SMILES string of the molecule is CN1CCc2nc(C(=O)NC3CCC(=O)CC3N)sc2C1. The number of hydrogen-bond donors (Lipinski definition) is 2. The van der Waals surface area contributed by atoms with Crippen LogP contribution in [0.25, 0.3) is 0 Å². The lowest BCUT2D eigenvalue weighted by molar-refractivity contribution is -0.121. The smallest absolute Gasteiger partial charge is 0.280 e. The molecule has 1 amide bonds. The molecule has 1 aromatic rings. The Bertz CT molecular complexity index is 571. The van der Waals surface area contributed by atoms with E-state index in [0.29, 0.717) is 24.3 Å². The van der Waals surface area contributed by atoms with Crippen LogP contribution in [0, 0.1) is 0 Å². The molecule has 2 atom stereocenters. The first-order chi connectivity index (χ1) is 10.0. The lowest BCUT2D eigenvalue weighted by Crippen LogP contribution is -2.51. The molecule has 0 aromatic carbocycles. The van der Waals surface area contributed by atoms with Crippen molar-refractivity contribution in [2.75, 3.05) is 13.6 Å². The van der Waals surface area contributed by atoms with E-state index in [-0.39, 0.29) is 23.8 Å². The summed E-state index contributed by atoms with van der Waals surface area (Å²) in [6.45, 7) is 1.84. The molecule has 3 N–H and O–H groups in total. The molecule has 0 spiro atoms. The Morgan fingerprint density at radius 1 is 1.48 bits per heavy atom. The van der Waals surface area contributed by atoms with Gasteiger partial charge in [-0.2, -0.15) is 0 Å². The molecule has 1 saturated carbocycles. The Morgan fingerprint density at radius 3 is 3.05 bits per heavy atom. The van der Waals surface area contributed by atoms with Crippen LogP contribution in [0.3, 0.4) is 0 Å². The average Bonchev–Trinajstić information content (AvgIpc) is 2.85. The minimum absolute atomic E-state index is 0.126. The van der Waals surface area contributed by atoms with Gasteiger partial charge in [0.1, 0.15) is 5.78 Å². The van der Waals surface area contributed by atoms with E-state index in [9.17, 15) is 9.59 Å². The van der Waals surface area contributed by atoms with E-state index in [4.69, 9.17) is 5.73 Å². The van der Waals surface area contributed by atoms with Gasteiger partial charge in [-0.3, -0.25) is 9.59 Å². The van der Waals surface area contributed by atoms with Crippen LogP contribution in [0.15, 0.2) is 0 Å². The van der Waals surface area contributed by atoms with Crippen molar-refractivity contribution in [3.8, 4) is 0 Å². The summed E-state index contributed by atoms with van der Waals surface area (Å²) in [4.78, 5) is 31.5. The Morgan fingerprint density at radius 2 is 2.29 bits per heavy atom. The number of likely N-dealkylation sites (N-methyl/N-ethyl adjacent to an activating group) is 1. The third-order valence-corrected chi connectivity index (χ3v) is 5.23. The third-order valence-electron chi connectivity index (χ3n) is 4.15. The van der Waals surface area contributed by atoms with Crippen molar-refractivity contribution in [2.45, 2.75) is 44.3 Å². The highest BCUT2D eigenvalue weighted by Crippen LogP contribution is 2.25. The molecule has 2 unspecified atom stereocenters. The van der Waals surface area contributed by atoms with Crippen LogP contribution >= 0.6 is 11.3 Å². The van der Waals surface area contributed by atoms with Crippen molar-refractivity contribution in [2.24, 2.45) is 5.73 Å². The summed E-state index contributed by atoms with van der Waals surface area (Å²) in [5.41, 5.74) is 7.00. The molecule has 7 heteroatoms. The van der Waals surface area contributed by atoms with E-state index in [1.807, 2.05) is 0 Å². The second-order valence-corrected chi connectivity index (χ2v) is 6.99. The van der Waals surface area contributed by atoms with Crippen LogP contribution in [-0.2, 0) is 17.8 Å². The fourth-order valence-corrected chi connectivity index (χ4v) is 3.96. The summed E-state index contributed by atoms with van der Waals surface area (Å²) in [5, 5.41) is 3.46. The molecule has 1 aliphatic carbocycles. The number of carbonyl (C=O) groups excluding carboxylic acids is 2. The first-order valence-corrected chi connectivity index (χ1v) is 8.10. The van der Waals surface area contributed by atoms with Crippen LogP contribution < -0.4 is 11.1 Å². The maximum absolute atomic E-state index is 12.3. The Balaban J connectivity index is 1.67. The fraction of sp³-hybridized carbons (Fsp3) is 0.643. The monoisotopic (exact) mass is 308 g/mol. The predicted octanol–water partition coefficient (Wildman–Crippen LogP) is 0.310. The third kappa shape index (κ3) is 3.14. The van der Waals surface area contributed by atoms with Crippen molar-refractivity contribution in [1.29, 1.82) is 0 Å². The maximum Gasteiger partial charge on any atom is 0.280 e. The molecule has 0 bridgehead atoms. The minimum Gasteiger partial charge on any atom is -0.346 e. The van der Waals surface area contributed by atoms with Gasteiger partial charge in [0, 0.05) is 49.3 Å². The number of hydrogen-bond acceptors (Lipinski definition) is 6. The summed E-state index contributed by atoms with van der Waals surface area (Å²) in [6.07, 6.45) is 2.37. The number of fused-ring (bicyclic) bond motifs is 1. The molecule has 21 heavy (non-hydrogen) atoms. The van der Waals surface area contributed by atoms with Gasteiger partial charge in [0.2, 0.25) is 0 Å². The Kier molecular flexibility index (Phi) is 4.05. The summed E-state index contributed by atoms with van der Waals surface area (Å²) >= 11 is 1.46. The number of thiazole rings is 1. The lowest BCUT2D eigenvalue weighted by Gasteiger charge is -2.28. The summed E-state index contributed by atoms with van der Waals surface area (Å²) in [5.74, 6) is 0.0209. The van der Waals surface area contributed by atoms with Crippen molar-refractivity contribution in [1.82, 2.24) is 15.2 Å². The van der Waals surface area contributed by atoms with Gasteiger partial charge in [-0.1, -0.05) is 0 Å². The fourth-order valence-electron chi connectivity index (χ4n) is 2.87. The van der Waals surface area contributed by atoms with Gasteiger partial charge in [0.25, 0.3) is 5.91 Å². The molecular weight excluding hydrogens is 288 g/mol. The van der Waals surface area contributed by atoms with E-state index in [0.717, 1.165) is 25.2 Å². The maximum atomic E-state index is 12.3. The van der Waals surface area contributed by atoms with Crippen molar-refractivity contribution < 1.29 is 9.59 Å². The van der Waals surface area contributed by atoms with Crippen molar-refractivity contribution in [3.63, 3.8) is 0 Å². The normalized spacial score (nSPS) is 26.5. The van der Waals surface area contributed by atoms with Crippen LogP contribution in [0.5, 0.6) is 0 Å². The Labute approximate surface area is 127 Å². The van der Waals surface area contributed by atoms with Gasteiger partial charge >= 0.3 is 0 Å². The number of nitrogens with zero attached hydrogens (tertiary/aromatic N) is 2. The quantitative estimate of drug-likeness (QED) is 0.821. The van der Waals surface area contributed by atoms with Gasteiger partial charge < -0.3 is 16.0 Å². The molecule has 0 saturated heterocycles. The number of amides is 1. The number of nitrogens with two attached hydrogens (primary N) is 1. The first kappa shape index (κ1) is 14.6. The number of ketones is 1. The van der Waals surface area contributed by atoms with Gasteiger partial charge in [0.15, 0.2) is 5.01 Å². The minimum atomic E-state index is -0.282. The zero-order chi connectivity index (χ0) is 15.0. The number of rotatable bonds is 2. The molecule has 114 valence electrons.